The molecule has 4 N–H and O–H groups in total. The molecule has 184 valence electrons. The molecule has 0 saturated heterocycles. The fraction of sp³-hybridized carbons (Fsp3) is 0.222. The predicted molar refractivity (Wildman–Crippen MR) is 148 cm³/mol. The zero-order valence-corrected chi connectivity index (χ0v) is 21.2. The molecule has 0 bridgehead atoms. The number of nitrogens with two attached hydrogens (primary N) is 1. The van der Waals surface area contributed by atoms with Gasteiger partial charge in [0.1, 0.15) is 0 Å². The lowest BCUT2D eigenvalue weighted by Crippen LogP contribution is -2.58. The number of rotatable bonds is 6. The van der Waals surface area contributed by atoms with Crippen molar-refractivity contribution in [2.24, 2.45) is 5.73 Å². The van der Waals surface area contributed by atoms with E-state index < -0.39 is 6.03 Å². The van der Waals surface area contributed by atoms with Crippen molar-refractivity contribution in [2.45, 2.75) is 40.9 Å². The minimum absolute atomic E-state index is 0.244. The molecule has 1 heterocycles. The van der Waals surface area contributed by atoms with Crippen LogP contribution in [0.25, 0.3) is 10.2 Å². The maximum absolute atomic E-state index is 13.6. The molecule has 0 aliphatic heterocycles. The molecule has 4 aromatic rings. The van der Waals surface area contributed by atoms with E-state index in [9.17, 15) is 9.59 Å². The van der Waals surface area contributed by atoms with Gasteiger partial charge in [-0.2, -0.15) is 0 Å². The number of benzene rings is 3. The molecule has 3 atom stereocenters. The number of fused-ring (bicyclic) bond motifs is 1. The summed E-state index contributed by atoms with van der Waals surface area (Å²) in [5, 5.41) is 6.18. The third-order valence-electron chi connectivity index (χ3n) is 6.24. The molecule has 36 heavy (non-hydrogen) atoms. The van der Waals surface area contributed by atoms with E-state index in [1.165, 1.54) is 0 Å². The van der Waals surface area contributed by atoms with Crippen LogP contribution in [0.5, 0.6) is 0 Å². The Kier molecular flexibility index (Phi) is 7.39. The minimum atomic E-state index is -0.591. The molecule has 1 saturated carbocycles. The number of thiazole rings is 1. The molecule has 3 unspecified atom stereocenters. The van der Waals surface area contributed by atoms with Gasteiger partial charge in [-0.05, 0) is 55.7 Å². The minimum Gasteiger partial charge on any atom is -0.352 e. The SMILES string of the molecule is NC(=O)NC1CC(Sc2nc3ccccc3s2)CCC1N(C(=O)Nc1ccccc1)c1ccccc1. The van der Waals surface area contributed by atoms with Crippen LogP contribution < -0.4 is 21.3 Å². The van der Waals surface area contributed by atoms with Crippen LogP contribution in [0, 0.1) is 0 Å². The highest BCUT2D eigenvalue weighted by atomic mass is 32.2. The fourth-order valence-electron chi connectivity index (χ4n) is 4.67. The summed E-state index contributed by atoms with van der Waals surface area (Å²) in [7, 11) is 0. The molecule has 7 nitrogen and oxygen atoms in total. The number of para-hydroxylation sites is 3. The van der Waals surface area contributed by atoms with Crippen molar-refractivity contribution in [1.29, 1.82) is 0 Å². The number of nitrogens with zero attached hydrogens (tertiary/aromatic N) is 2. The summed E-state index contributed by atoms with van der Waals surface area (Å²) in [6, 6.07) is 25.6. The Bertz CT molecular complexity index is 1300. The molecule has 0 spiro atoms. The number of amides is 4. The first-order chi connectivity index (χ1) is 17.6. The second-order valence-electron chi connectivity index (χ2n) is 8.68. The van der Waals surface area contributed by atoms with E-state index in [1.807, 2.05) is 78.9 Å². The van der Waals surface area contributed by atoms with Crippen molar-refractivity contribution in [3.63, 3.8) is 0 Å². The fourth-order valence-corrected chi connectivity index (χ4v) is 7.23. The number of hydrogen-bond acceptors (Lipinski definition) is 5. The van der Waals surface area contributed by atoms with Gasteiger partial charge in [0.05, 0.1) is 22.3 Å². The van der Waals surface area contributed by atoms with Crippen molar-refractivity contribution < 1.29 is 9.59 Å². The van der Waals surface area contributed by atoms with Crippen LogP contribution in [0.4, 0.5) is 21.0 Å². The van der Waals surface area contributed by atoms with Gasteiger partial charge in [0.15, 0.2) is 4.34 Å². The number of urea groups is 2. The number of anilines is 2. The molecule has 0 radical (unpaired) electrons. The Balaban J connectivity index is 1.39. The van der Waals surface area contributed by atoms with Crippen molar-refractivity contribution in [2.75, 3.05) is 10.2 Å². The van der Waals surface area contributed by atoms with Crippen LogP contribution in [0.3, 0.4) is 0 Å². The standard InChI is InChI=1S/C27H27N5O2S2/c28-25(33)30-22-17-20(35-27-31-21-13-7-8-14-24(21)36-27)15-16-23(22)32(19-11-5-2-6-12-19)26(34)29-18-9-3-1-4-10-18/h1-14,20,22-23H,15-17H2,(H,29,34)(H3,28,30,33). The van der Waals surface area contributed by atoms with Gasteiger partial charge in [0.2, 0.25) is 0 Å². The Morgan fingerprint density at radius 3 is 2.36 bits per heavy atom. The lowest BCUT2D eigenvalue weighted by Gasteiger charge is -2.42. The monoisotopic (exact) mass is 517 g/mol. The molecule has 5 rings (SSSR count). The summed E-state index contributed by atoms with van der Waals surface area (Å²) in [4.78, 5) is 32.1. The van der Waals surface area contributed by atoms with Gasteiger partial charge < -0.3 is 16.4 Å². The maximum Gasteiger partial charge on any atom is 0.326 e. The third kappa shape index (κ3) is 5.63. The smallest absolute Gasteiger partial charge is 0.326 e. The molecular formula is C27H27N5O2S2. The Labute approximate surface area is 218 Å². The summed E-state index contributed by atoms with van der Waals surface area (Å²) in [6.45, 7) is 0. The number of carbonyl (C=O) groups is 2. The Morgan fingerprint density at radius 1 is 0.944 bits per heavy atom. The number of thioether (sulfide) groups is 1. The quantitative estimate of drug-likeness (QED) is 0.288. The van der Waals surface area contributed by atoms with Gasteiger partial charge >= 0.3 is 12.1 Å². The summed E-state index contributed by atoms with van der Waals surface area (Å²) in [5.41, 5.74) is 8.06. The summed E-state index contributed by atoms with van der Waals surface area (Å²) in [5.74, 6) is 0. The van der Waals surface area contributed by atoms with Crippen molar-refractivity contribution >= 4 is 56.8 Å². The topological polar surface area (TPSA) is 100 Å². The van der Waals surface area contributed by atoms with E-state index in [0.29, 0.717) is 18.5 Å². The largest absolute Gasteiger partial charge is 0.352 e. The van der Waals surface area contributed by atoms with Gasteiger partial charge in [-0.25, -0.2) is 14.6 Å². The predicted octanol–water partition coefficient (Wildman–Crippen LogP) is 6.09. The summed E-state index contributed by atoms with van der Waals surface area (Å²) >= 11 is 3.42. The lowest BCUT2D eigenvalue weighted by molar-refractivity contribution is 0.232. The molecule has 1 aliphatic rings. The van der Waals surface area contributed by atoms with E-state index >= 15 is 0 Å². The molecule has 3 aromatic carbocycles. The van der Waals surface area contributed by atoms with E-state index in [1.54, 1.807) is 28.0 Å². The zero-order chi connectivity index (χ0) is 24.9. The number of carbonyl (C=O) groups excluding carboxylic acids is 2. The van der Waals surface area contributed by atoms with E-state index in [0.717, 1.165) is 26.7 Å². The third-order valence-corrected chi connectivity index (χ3v) is 8.67. The second kappa shape index (κ2) is 11.0. The normalized spacial score (nSPS) is 19.5. The molecule has 9 heteroatoms. The first-order valence-corrected chi connectivity index (χ1v) is 13.5. The average Bonchev–Trinajstić information content (AvgIpc) is 3.29. The average molecular weight is 518 g/mol. The van der Waals surface area contributed by atoms with Crippen LogP contribution in [-0.4, -0.2) is 34.4 Å². The Morgan fingerprint density at radius 2 is 1.64 bits per heavy atom. The highest BCUT2D eigenvalue weighted by molar-refractivity contribution is 8.01. The zero-order valence-electron chi connectivity index (χ0n) is 19.5. The van der Waals surface area contributed by atoms with Gasteiger partial charge in [-0.1, -0.05) is 60.3 Å². The lowest BCUT2D eigenvalue weighted by atomic mass is 9.88. The summed E-state index contributed by atoms with van der Waals surface area (Å²) in [6.07, 6.45) is 2.27. The van der Waals surface area contributed by atoms with E-state index in [4.69, 9.17) is 10.7 Å². The highest BCUT2D eigenvalue weighted by Crippen LogP contribution is 2.39. The van der Waals surface area contributed by atoms with E-state index in [-0.39, 0.29) is 23.4 Å². The molecule has 4 amide bonds. The van der Waals surface area contributed by atoms with Crippen LogP contribution in [-0.2, 0) is 0 Å². The van der Waals surface area contributed by atoms with Crippen molar-refractivity contribution in [1.82, 2.24) is 10.3 Å². The van der Waals surface area contributed by atoms with Crippen molar-refractivity contribution in [3.05, 3.63) is 84.9 Å². The molecule has 1 aliphatic carbocycles. The van der Waals surface area contributed by atoms with Crippen LogP contribution in [0.2, 0.25) is 0 Å². The summed E-state index contributed by atoms with van der Waals surface area (Å²) < 4.78 is 2.17. The van der Waals surface area contributed by atoms with Gasteiger partial charge in [0, 0.05) is 16.6 Å². The molecule has 1 fully saturated rings. The van der Waals surface area contributed by atoms with Crippen LogP contribution in [0.1, 0.15) is 19.3 Å². The van der Waals surface area contributed by atoms with Gasteiger partial charge in [-0.15, -0.1) is 11.3 Å². The Hall–Kier alpha value is -3.56. The first-order valence-electron chi connectivity index (χ1n) is 11.9. The highest BCUT2D eigenvalue weighted by Gasteiger charge is 2.38. The molecular weight excluding hydrogens is 490 g/mol. The second-order valence-corrected chi connectivity index (χ2v) is 11.3. The van der Waals surface area contributed by atoms with Gasteiger partial charge in [0.25, 0.3) is 0 Å². The molecule has 1 aromatic heterocycles. The number of aromatic nitrogens is 1. The maximum atomic E-state index is 13.6. The number of nitrogens with one attached hydrogen (secondary N) is 2. The van der Waals surface area contributed by atoms with Gasteiger partial charge in [-0.3, -0.25) is 4.90 Å². The van der Waals surface area contributed by atoms with Crippen LogP contribution >= 0.6 is 23.1 Å². The number of hydrogen-bond donors (Lipinski definition) is 3. The number of primary amides is 1. The van der Waals surface area contributed by atoms with Crippen LogP contribution in [0.15, 0.2) is 89.3 Å². The van der Waals surface area contributed by atoms with E-state index in [2.05, 4.69) is 16.7 Å². The first kappa shape index (κ1) is 24.1. The van der Waals surface area contributed by atoms with Crippen molar-refractivity contribution in [3.8, 4) is 0 Å².